The van der Waals surface area contributed by atoms with Crippen LogP contribution in [0.4, 0.5) is 0 Å². The van der Waals surface area contributed by atoms with E-state index in [1.165, 1.54) is 0 Å². The molecule has 2 aliphatic rings. The molecule has 1 spiro atoms. The largest absolute Gasteiger partial charge is 0.485 e. The first-order chi connectivity index (χ1) is 12.1. The van der Waals surface area contributed by atoms with Crippen molar-refractivity contribution in [1.82, 2.24) is 10.6 Å². The number of hydrogen-bond donors (Lipinski definition) is 2. The normalized spacial score (nSPS) is 24.6. The predicted molar refractivity (Wildman–Crippen MR) is 98.0 cm³/mol. The Bertz CT molecular complexity index is 789. The Morgan fingerprint density at radius 1 is 1.16 bits per heavy atom. The lowest BCUT2D eigenvalue weighted by Crippen LogP contribution is -2.46. The highest BCUT2D eigenvalue weighted by Crippen LogP contribution is 2.42. The van der Waals surface area contributed by atoms with Crippen LogP contribution in [0.3, 0.4) is 0 Å². The molecular formula is C21H24N2O2. The molecule has 2 aromatic rings. The Balaban J connectivity index is 1.66. The Morgan fingerprint density at radius 2 is 1.92 bits per heavy atom. The number of carbonyl (C=O) groups is 1. The van der Waals surface area contributed by atoms with Crippen LogP contribution in [0.1, 0.15) is 45.9 Å². The van der Waals surface area contributed by atoms with Crippen molar-refractivity contribution in [2.75, 3.05) is 13.1 Å². The average molecular weight is 336 g/mol. The van der Waals surface area contributed by atoms with E-state index in [9.17, 15) is 4.79 Å². The van der Waals surface area contributed by atoms with Gasteiger partial charge in [0.05, 0.1) is 6.04 Å². The van der Waals surface area contributed by atoms with E-state index in [1.807, 2.05) is 50.2 Å². The highest BCUT2D eigenvalue weighted by atomic mass is 16.5. The van der Waals surface area contributed by atoms with Crippen LogP contribution in [0.2, 0.25) is 0 Å². The van der Waals surface area contributed by atoms with E-state index < -0.39 is 0 Å². The minimum Gasteiger partial charge on any atom is -0.485 e. The molecule has 4 heteroatoms. The predicted octanol–water partition coefficient (Wildman–Crippen LogP) is 3.29. The lowest BCUT2D eigenvalue weighted by atomic mass is 9.86. The van der Waals surface area contributed by atoms with E-state index >= 15 is 0 Å². The summed E-state index contributed by atoms with van der Waals surface area (Å²) >= 11 is 0. The second-order valence-corrected chi connectivity index (χ2v) is 7.25. The van der Waals surface area contributed by atoms with Crippen LogP contribution >= 0.6 is 0 Å². The highest BCUT2D eigenvalue weighted by molar-refractivity contribution is 5.97. The molecule has 0 radical (unpaired) electrons. The molecule has 2 aromatic carbocycles. The van der Waals surface area contributed by atoms with Gasteiger partial charge in [0.25, 0.3) is 5.91 Å². The fourth-order valence-corrected chi connectivity index (χ4v) is 4.13. The molecule has 130 valence electrons. The van der Waals surface area contributed by atoms with Crippen LogP contribution in [-0.2, 0) is 0 Å². The number of hydrogen-bond acceptors (Lipinski definition) is 3. The first-order valence-corrected chi connectivity index (χ1v) is 8.94. The van der Waals surface area contributed by atoms with E-state index in [1.54, 1.807) is 0 Å². The molecule has 4 rings (SSSR count). The maximum atomic E-state index is 13.0. The molecule has 0 aromatic heterocycles. The molecule has 1 fully saturated rings. The number of ether oxygens (including phenoxy) is 1. The van der Waals surface area contributed by atoms with Gasteiger partial charge in [-0.3, -0.25) is 4.79 Å². The number of fused-ring (bicyclic) bond motifs is 1. The molecule has 25 heavy (non-hydrogen) atoms. The minimum absolute atomic E-state index is 0.00147. The van der Waals surface area contributed by atoms with Gasteiger partial charge in [-0.2, -0.15) is 0 Å². The lowest BCUT2D eigenvalue weighted by Gasteiger charge is -2.39. The summed E-state index contributed by atoms with van der Waals surface area (Å²) in [4.78, 5) is 13.0. The number of carbonyl (C=O) groups excluding carboxylic acids is 1. The van der Waals surface area contributed by atoms with Crippen LogP contribution in [0.25, 0.3) is 0 Å². The Morgan fingerprint density at radius 3 is 2.64 bits per heavy atom. The summed E-state index contributed by atoms with van der Waals surface area (Å²) in [6.45, 7) is 5.77. The summed E-state index contributed by atoms with van der Waals surface area (Å²) in [5, 5.41) is 6.68. The maximum Gasteiger partial charge on any atom is 0.252 e. The summed E-state index contributed by atoms with van der Waals surface area (Å²) in [5.74, 6) is 0.891. The van der Waals surface area contributed by atoms with Crippen LogP contribution in [0.15, 0.2) is 42.5 Å². The Hall–Kier alpha value is -2.33. The van der Waals surface area contributed by atoms with Crippen molar-refractivity contribution in [3.05, 3.63) is 64.7 Å². The van der Waals surface area contributed by atoms with Gasteiger partial charge in [0, 0.05) is 30.5 Å². The second-order valence-electron chi connectivity index (χ2n) is 7.25. The van der Waals surface area contributed by atoms with Crippen molar-refractivity contribution in [3.8, 4) is 5.75 Å². The van der Waals surface area contributed by atoms with Gasteiger partial charge in [0.1, 0.15) is 11.4 Å². The van der Waals surface area contributed by atoms with Gasteiger partial charge in [-0.25, -0.2) is 0 Å². The molecule has 2 atom stereocenters. The standard InChI is InChI=1S/C21H24N2O2/c1-14-6-5-7-15(2)19(14)20(24)23-17-12-21(10-11-22-13-21)25-18-9-4-3-8-16(17)18/h3-9,17,22H,10-13H2,1-2H3,(H,23,24). The molecule has 1 saturated heterocycles. The van der Waals surface area contributed by atoms with Crippen molar-refractivity contribution < 1.29 is 9.53 Å². The number of rotatable bonds is 2. The molecule has 0 bridgehead atoms. The van der Waals surface area contributed by atoms with E-state index in [-0.39, 0.29) is 17.6 Å². The van der Waals surface area contributed by atoms with Gasteiger partial charge < -0.3 is 15.4 Å². The van der Waals surface area contributed by atoms with Crippen LogP contribution < -0.4 is 15.4 Å². The third-order valence-corrected chi connectivity index (χ3v) is 5.42. The molecule has 0 saturated carbocycles. The van der Waals surface area contributed by atoms with E-state index in [0.717, 1.165) is 53.9 Å². The topological polar surface area (TPSA) is 50.4 Å². The van der Waals surface area contributed by atoms with Crippen molar-refractivity contribution >= 4 is 5.91 Å². The van der Waals surface area contributed by atoms with Gasteiger partial charge in [0.2, 0.25) is 0 Å². The van der Waals surface area contributed by atoms with Crippen LogP contribution in [-0.4, -0.2) is 24.6 Å². The van der Waals surface area contributed by atoms with Crippen molar-refractivity contribution in [2.45, 2.75) is 38.3 Å². The molecular weight excluding hydrogens is 312 g/mol. The van der Waals surface area contributed by atoms with Crippen LogP contribution in [0.5, 0.6) is 5.75 Å². The van der Waals surface area contributed by atoms with Crippen molar-refractivity contribution in [1.29, 1.82) is 0 Å². The third kappa shape index (κ3) is 2.91. The molecule has 1 amide bonds. The quantitative estimate of drug-likeness (QED) is 0.885. The first kappa shape index (κ1) is 16.2. The number of benzene rings is 2. The summed E-state index contributed by atoms with van der Waals surface area (Å²) in [5.41, 5.74) is 3.66. The number of aryl methyl sites for hydroxylation is 2. The number of amides is 1. The molecule has 2 aliphatic heterocycles. The summed E-state index contributed by atoms with van der Waals surface area (Å²) < 4.78 is 6.33. The van der Waals surface area contributed by atoms with Crippen molar-refractivity contribution in [2.24, 2.45) is 0 Å². The monoisotopic (exact) mass is 336 g/mol. The second kappa shape index (κ2) is 6.19. The maximum absolute atomic E-state index is 13.0. The van der Waals surface area contributed by atoms with Gasteiger partial charge >= 0.3 is 0 Å². The van der Waals surface area contributed by atoms with E-state index in [0.29, 0.717) is 0 Å². The average Bonchev–Trinajstić information content (AvgIpc) is 3.02. The molecule has 2 heterocycles. The van der Waals surface area contributed by atoms with Gasteiger partial charge in [-0.15, -0.1) is 0 Å². The fraction of sp³-hybridized carbons (Fsp3) is 0.381. The molecule has 0 aliphatic carbocycles. The van der Waals surface area contributed by atoms with E-state index in [2.05, 4.69) is 16.7 Å². The molecule has 2 unspecified atom stereocenters. The van der Waals surface area contributed by atoms with Gasteiger partial charge in [0.15, 0.2) is 0 Å². The van der Waals surface area contributed by atoms with Crippen molar-refractivity contribution in [3.63, 3.8) is 0 Å². The van der Waals surface area contributed by atoms with Crippen LogP contribution in [0, 0.1) is 13.8 Å². The molecule has 4 nitrogen and oxygen atoms in total. The van der Waals surface area contributed by atoms with Gasteiger partial charge in [-0.05, 0) is 37.6 Å². The molecule has 2 N–H and O–H groups in total. The fourth-order valence-electron chi connectivity index (χ4n) is 4.13. The first-order valence-electron chi connectivity index (χ1n) is 8.94. The SMILES string of the molecule is Cc1cccc(C)c1C(=O)NC1CC2(CCNC2)Oc2ccccc21. The lowest BCUT2D eigenvalue weighted by molar-refractivity contribution is 0.0474. The Labute approximate surface area is 148 Å². The summed E-state index contributed by atoms with van der Waals surface area (Å²) in [6, 6.07) is 14.0. The third-order valence-electron chi connectivity index (χ3n) is 5.42. The number of para-hydroxylation sites is 1. The zero-order valence-electron chi connectivity index (χ0n) is 14.8. The van der Waals surface area contributed by atoms with E-state index in [4.69, 9.17) is 4.74 Å². The summed E-state index contributed by atoms with van der Waals surface area (Å²) in [6.07, 6.45) is 1.77. The smallest absolute Gasteiger partial charge is 0.252 e. The number of nitrogens with one attached hydrogen (secondary N) is 2. The minimum atomic E-state index is -0.215. The zero-order chi connectivity index (χ0) is 17.4. The zero-order valence-corrected chi connectivity index (χ0v) is 14.8. The Kier molecular flexibility index (Phi) is 4.00. The summed E-state index contributed by atoms with van der Waals surface area (Å²) in [7, 11) is 0. The highest BCUT2D eigenvalue weighted by Gasteiger charge is 2.43. The van der Waals surface area contributed by atoms with Gasteiger partial charge in [-0.1, -0.05) is 36.4 Å².